The van der Waals surface area contributed by atoms with Crippen molar-refractivity contribution in [2.45, 2.75) is 25.2 Å². The zero-order chi connectivity index (χ0) is 24.0. The van der Waals surface area contributed by atoms with Crippen molar-refractivity contribution in [1.29, 1.82) is 0 Å². The summed E-state index contributed by atoms with van der Waals surface area (Å²) in [6, 6.07) is 28.6. The molecule has 176 valence electrons. The first-order valence-electron chi connectivity index (χ1n) is 11.9. The molecule has 35 heavy (non-hydrogen) atoms. The van der Waals surface area contributed by atoms with Gasteiger partial charge in [0.05, 0.1) is 11.6 Å². The van der Waals surface area contributed by atoms with Gasteiger partial charge in [-0.3, -0.25) is 0 Å². The third-order valence-electron chi connectivity index (χ3n) is 6.47. The Morgan fingerprint density at radius 2 is 1.74 bits per heavy atom. The Hall–Kier alpha value is -4.12. The van der Waals surface area contributed by atoms with Crippen LogP contribution in [0.3, 0.4) is 0 Å². The molecule has 0 bridgehead atoms. The van der Waals surface area contributed by atoms with E-state index >= 15 is 0 Å². The third-order valence-corrected chi connectivity index (χ3v) is 6.47. The molecule has 0 amide bonds. The zero-order valence-corrected chi connectivity index (χ0v) is 19.3. The lowest BCUT2D eigenvalue weighted by molar-refractivity contribution is -0.139. The van der Waals surface area contributed by atoms with E-state index in [1.807, 2.05) is 60.7 Å². The van der Waals surface area contributed by atoms with E-state index in [1.54, 1.807) is 0 Å². The molecule has 0 fully saturated rings. The maximum absolute atomic E-state index is 10.9. The van der Waals surface area contributed by atoms with Crippen LogP contribution in [0.25, 0.3) is 6.08 Å². The number of fused-ring (bicyclic) bond motifs is 1. The van der Waals surface area contributed by atoms with Crippen molar-refractivity contribution >= 4 is 12.0 Å². The van der Waals surface area contributed by atoms with Crippen LogP contribution in [0.5, 0.6) is 5.75 Å². The topological polar surface area (TPSA) is 72.6 Å². The average molecular weight is 466 g/mol. The van der Waals surface area contributed by atoms with Crippen molar-refractivity contribution < 1.29 is 19.2 Å². The van der Waals surface area contributed by atoms with Crippen LogP contribution >= 0.6 is 0 Å². The Bertz CT molecular complexity index is 1270. The van der Waals surface area contributed by atoms with Gasteiger partial charge in [-0.1, -0.05) is 84.0 Å². The summed E-state index contributed by atoms with van der Waals surface area (Å²) in [5.74, 6) is 0.826. The third kappa shape index (κ3) is 5.35. The number of carboxylic acids is 1. The SMILES string of the molecule is O=C(O)COc1cccc2c1CCC(/C=C/c1cc(C(c3ccccc3)c3ccccc3)no1)C2. The summed E-state index contributed by atoms with van der Waals surface area (Å²) in [5, 5.41) is 13.3. The summed E-state index contributed by atoms with van der Waals surface area (Å²) in [6.07, 6.45) is 6.91. The second kappa shape index (κ2) is 10.4. The fourth-order valence-electron chi connectivity index (χ4n) is 4.81. The summed E-state index contributed by atoms with van der Waals surface area (Å²) in [5.41, 5.74) is 5.56. The quantitative estimate of drug-likeness (QED) is 0.339. The number of carbonyl (C=O) groups is 1. The summed E-state index contributed by atoms with van der Waals surface area (Å²) in [7, 11) is 0. The highest BCUT2D eigenvalue weighted by Gasteiger charge is 2.22. The Kier molecular flexibility index (Phi) is 6.75. The van der Waals surface area contributed by atoms with Crippen molar-refractivity contribution in [2.24, 2.45) is 5.92 Å². The number of benzene rings is 3. The molecule has 1 heterocycles. The molecule has 1 aliphatic carbocycles. The molecule has 3 aromatic carbocycles. The number of ether oxygens (including phenoxy) is 1. The van der Waals surface area contributed by atoms with Crippen LogP contribution < -0.4 is 4.74 Å². The largest absolute Gasteiger partial charge is 0.482 e. The van der Waals surface area contributed by atoms with E-state index < -0.39 is 5.97 Å². The average Bonchev–Trinajstić information content (AvgIpc) is 3.36. The van der Waals surface area contributed by atoms with E-state index in [4.69, 9.17) is 14.4 Å². The molecular weight excluding hydrogens is 438 g/mol. The van der Waals surface area contributed by atoms with E-state index in [9.17, 15) is 4.79 Å². The highest BCUT2D eigenvalue weighted by molar-refractivity contribution is 5.68. The van der Waals surface area contributed by atoms with Gasteiger partial charge >= 0.3 is 5.97 Å². The van der Waals surface area contributed by atoms with Crippen LogP contribution in [0.15, 0.2) is 95.5 Å². The van der Waals surface area contributed by atoms with Gasteiger partial charge in [-0.25, -0.2) is 4.79 Å². The summed E-state index contributed by atoms with van der Waals surface area (Å²) in [6.45, 7) is -0.319. The molecular formula is C30H27NO4. The highest BCUT2D eigenvalue weighted by Crippen LogP contribution is 2.34. The lowest BCUT2D eigenvalue weighted by atomic mass is 9.83. The Balaban J connectivity index is 1.32. The van der Waals surface area contributed by atoms with Crippen LogP contribution in [0, 0.1) is 5.92 Å². The summed E-state index contributed by atoms with van der Waals surface area (Å²) in [4.78, 5) is 10.9. The number of nitrogens with zero attached hydrogens (tertiary/aromatic N) is 1. The number of allylic oxidation sites excluding steroid dienone is 1. The van der Waals surface area contributed by atoms with Gasteiger partial charge in [0.25, 0.3) is 0 Å². The fourth-order valence-corrected chi connectivity index (χ4v) is 4.81. The highest BCUT2D eigenvalue weighted by atomic mass is 16.5. The fraction of sp³-hybridized carbons (Fsp3) is 0.200. The van der Waals surface area contributed by atoms with Crippen molar-refractivity contribution in [3.05, 3.63) is 125 Å². The van der Waals surface area contributed by atoms with Crippen LogP contribution in [-0.4, -0.2) is 22.8 Å². The van der Waals surface area contributed by atoms with Gasteiger partial charge in [-0.2, -0.15) is 0 Å². The van der Waals surface area contributed by atoms with Crippen molar-refractivity contribution in [3.8, 4) is 5.75 Å². The maximum Gasteiger partial charge on any atom is 0.341 e. The zero-order valence-electron chi connectivity index (χ0n) is 19.3. The summed E-state index contributed by atoms with van der Waals surface area (Å²) < 4.78 is 11.2. The number of hydrogen-bond acceptors (Lipinski definition) is 4. The predicted molar refractivity (Wildman–Crippen MR) is 134 cm³/mol. The minimum absolute atomic E-state index is 0.00841. The maximum atomic E-state index is 10.9. The second-order valence-electron chi connectivity index (χ2n) is 8.85. The monoisotopic (exact) mass is 465 g/mol. The van der Waals surface area contributed by atoms with Crippen molar-refractivity contribution in [3.63, 3.8) is 0 Å². The number of aromatic nitrogens is 1. The van der Waals surface area contributed by atoms with Gasteiger partial charge < -0.3 is 14.4 Å². The summed E-state index contributed by atoms with van der Waals surface area (Å²) >= 11 is 0. The van der Waals surface area contributed by atoms with Crippen LogP contribution in [-0.2, 0) is 17.6 Å². The number of carboxylic acid groups (broad SMARTS) is 1. The standard InChI is InChI=1S/C30H27NO4/c32-29(33)20-34-28-13-7-12-24-18-21(15-17-26(24)28)14-16-25-19-27(31-35-25)30(22-8-3-1-4-9-22)23-10-5-2-6-11-23/h1-14,16,19,21,30H,15,17-18,20H2,(H,32,33)/b16-14+. The number of rotatable bonds is 8. The van der Waals surface area contributed by atoms with E-state index in [0.717, 1.165) is 36.3 Å². The minimum Gasteiger partial charge on any atom is -0.482 e. The van der Waals surface area contributed by atoms with Gasteiger partial charge in [0.1, 0.15) is 5.75 Å². The molecule has 1 unspecified atom stereocenters. The number of aliphatic carboxylic acids is 1. The molecule has 1 aromatic heterocycles. The van der Waals surface area contributed by atoms with Crippen LogP contribution in [0.4, 0.5) is 0 Å². The lowest BCUT2D eigenvalue weighted by Gasteiger charge is -2.24. The molecule has 0 spiro atoms. The Labute approximate surface area is 204 Å². The van der Waals surface area contributed by atoms with Crippen LogP contribution in [0.1, 0.15) is 46.0 Å². The Morgan fingerprint density at radius 1 is 1.03 bits per heavy atom. The second-order valence-corrected chi connectivity index (χ2v) is 8.85. The van der Waals surface area contributed by atoms with E-state index in [1.165, 1.54) is 16.7 Å². The van der Waals surface area contributed by atoms with Gasteiger partial charge in [0, 0.05) is 6.07 Å². The lowest BCUT2D eigenvalue weighted by Crippen LogP contribution is -2.16. The van der Waals surface area contributed by atoms with E-state index in [2.05, 4.69) is 41.6 Å². The van der Waals surface area contributed by atoms with Crippen molar-refractivity contribution in [2.75, 3.05) is 6.61 Å². The molecule has 5 rings (SSSR count). The van der Waals surface area contributed by atoms with Gasteiger partial charge in [0.2, 0.25) is 0 Å². The molecule has 1 atom stereocenters. The van der Waals surface area contributed by atoms with Gasteiger partial charge in [-0.15, -0.1) is 0 Å². The molecule has 1 N–H and O–H groups in total. The van der Waals surface area contributed by atoms with E-state index in [0.29, 0.717) is 11.7 Å². The van der Waals surface area contributed by atoms with Gasteiger partial charge in [0.15, 0.2) is 12.4 Å². The molecule has 5 heteroatoms. The molecule has 4 aromatic rings. The molecule has 1 aliphatic rings. The smallest absolute Gasteiger partial charge is 0.341 e. The minimum atomic E-state index is -0.965. The first-order valence-corrected chi connectivity index (χ1v) is 11.9. The molecule has 0 saturated heterocycles. The molecule has 5 nitrogen and oxygen atoms in total. The van der Waals surface area contributed by atoms with E-state index in [-0.39, 0.29) is 12.5 Å². The first-order chi connectivity index (χ1) is 17.2. The first kappa shape index (κ1) is 22.7. The molecule has 0 aliphatic heterocycles. The molecule has 0 radical (unpaired) electrons. The van der Waals surface area contributed by atoms with Crippen molar-refractivity contribution in [1.82, 2.24) is 5.16 Å². The Morgan fingerprint density at radius 3 is 2.43 bits per heavy atom. The molecule has 0 saturated carbocycles. The predicted octanol–water partition coefficient (Wildman–Crippen LogP) is 6.14. The number of hydrogen-bond donors (Lipinski definition) is 1. The van der Waals surface area contributed by atoms with Crippen LogP contribution in [0.2, 0.25) is 0 Å². The van der Waals surface area contributed by atoms with Gasteiger partial charge in [-0.05, 0) is 59.6 Å². The normalized spacial score (nSPS) is 15.3.